The van der Waals surface area contributed by atoms with Crippen LogP contribution in [0.5, 0.6) is 0 Å². The van der Waals surface area contributed by atoms with Crippen molar-refractivity contribution in [1.82, 2.24) is 10.2 Å². The minimum atomic E-state index is -3.06. The van der Waals surface area contributed by atoms with Crippen LogP contribution in [0.25, 0.3) is 0 Å². The summed E-state index contributed by atoms with van der Waals surface area (Å²) < 4.78 is 22.3. The molecule has 0 aromatic carbocycles. The van der Waals surface area contributed by atoms with Crippen LogP contribution in [0.1, 0.15) is 38.5 Å². The number of nitrogens with one attached hydrogen (secondary N) is 1. The first-order chi connectivity index (χ1) is 8.97. The van der Waals surface area contributed by atoms with E-state index in [-0.39, 0.29) is 24.1 Å². The highest BCUT2D eigenvalue weighted by Gasteiger charge is 2.34. The topological polar surface area (TPSA) is 66.5 Å². The molecule has 2 rings (SSSR count). The van der Waals surface area contributed by atoms with E-state index >= 15 is 0 Å². The Morgan fingerprint density at radius 2 is 2.05 bits per heavy atom. The molecule has 1 N–H and O–H groups in total. The van der Waals surface area contributed by atoms with Crippen LogP contribution in [-0.4, -0.2) is 56.4 Å². The molecule has 110 valence electrons. The van der Waals surface area contributed by atoms with Crippen LogP contribution in [0.2, 0.25) is 0 Å². The molecular weight excluding hydrogens is 264 g/mol. The number of amides is 1. The van der Waals surface area contributed by atoms with Gasteiger partial charge in [-0.05, 0) is 38.6 Å². The Morgan fingerprint density at radius 3 is 2.68 bits per heavy atom. The Labute approximate surface area is 115 Å². The number of carbonyl (C=O) groups is 1. The Kier molecular flexibility index (Phi) is 4.84. The first-order valence-corrected chi connectivity index (χ1v) is 9.24. The summed E-state index contributed by atoms with van der Waals surface area (Å²) in [6, 6.07) is 0.672. The third-order valence-electron chi connectivity index (χ3n) is 4.12. The minimum Gasteiger partial charge on any atom is -0.338 e. The maximum atomic E-state index is 12.2. The van der Waals surface area contributed by atoms with E-state index in [0.29, 0.717) is 6.04 Å². The molecule has 0 bridgehead atoms. The lowest BCUT2D eigenvalue weighted by atomic mass is 9.94. The fourth-order valence-electron chi connectivity index (χ4n) is 3.14. The lowest BCUT2D eigenvalue weighted by Crippen LogP contribution is -2.52. The van der Waals surface area contributed by atoms with Gasteiger partial charge in [0.1, 0.15) is 9.84 Å². The first-order valence-electron chi connectivity index (χ1n) is 7.18. The molecule has 2 unspecified atom stereocenters. The SMILES string of the molecule is CS(=O)(=O)CCC(=O)N1CCCCC1C1CCCN1. The summed E-state index contributed by atoms with van der Waals surface area (Å²) in [5.41, 5.74) is 0. The van der Waals surface area contributed by atoms with Crippen molar-refractivity contribution in [2.24, 2.45) is 0 Å². The standard InChI is InChI=1S/C13H24N2O3S/c1-19(17,18)10-7-13(16)15-9-3-2-6-12(15)11-5-4-8-14-11/h11-12,14H,2-10H2,1H3. The van der Waals surface area contributed by atoms with Gasteiger partial charge >= 0.3 is 0 Å². The van der Waals surface area contributed by atoms with E-state index in [2.05, 4.69) is 5.32 Å². The number of hydrogen-bond donors (Lipinski definition) is 1. The van der Waals surface area contributed by atoms with Gasteiger partial charge in [0.05, 0.1) is 5.75 Å². The van der Waals surface area contributed by atoms with Crippen LogP contribution in [0.4, 0.5) is 0 Å². The molecule has 19 heavy (non-hydrogen) atoms. The number of rotatable bonds is 4. The Balaban J connectivity index is 1.96. The molecule has 2 atom stereocenters. The number of likely N-dealkylation sites (tertiary alicyclic amines) is 1. The summed E-state index contributed by atoms with van der Waals surface area (Å²) in [6.07, 6.45) is 6.86. The van der Waals surface area contributed by atoms with Crippen molar-refractivity contribution in [3.63, 3.8) is 0 Å². The Hall–Kier alpha value is -0.620. The van der Waals surface area contributed by atoms with Gasteiger partial charge in [-0.1, -0.05) is 0 Å². The van der Waals surface area contributed by atoms with E-state index in [1.165, 1.54) is 19.1 Å². The molecule has 0 spiro atoms. The number of carbonyl (C=O) groups excluding carboxylic acids is 1. The molecule has 6 heteroatoms. The van der Waals surface area contributed by atoms with Crippen LogP contribution in [-0.2, 0) is 14.6 Å². The van der Waals surface area contributed by atoms with Crippen molar-refractivity contribution in [3.8, 4) is 0 Å². The molecule has 2 fully saturated rings. The van der Waals surface area contributed by atoms with Gasteiger partial charge in [0.2, 0.25) is 5.91 Å². The average molecular weight is 288 g/mol. The summed E-state index contributed by atoms with van der Waals surface area (Å²) >= 11 is 0. The third-order valence-corrected chi connectivity index (χ3v) is 5.06. The van der Waals surface area contributed by atoms with Gasteiger partial charge in [0.25, 0.3) is 0 Å². The zero-order chi connectivity index (χ0) is 13.9. The molecule has 2 aliphatic heterocycles. The summed E-state index contributed by atoms with van der Waals surface area (Å²) in [5, 5.41) is 3.47. The molecule has 0 aromatic heterocycles. The second-order valence-corrected chi connectivity index (χ2v) is 7.99. The van der Waals surface area contributed by atoms with Crippen molar-refractivity contribution in [2.45, 2.75) is 50.6 Å². The Morgan fingerprint density at radius 1 is 1.26 bits per heavy atom. The predicted molar refractivity (Wildman–Crippen MR) is 74.7 cm³/mol. The second-order valence-electron chi connectivity index (χ2n) is 5.73. The normalized spacial score (nSPS) is 28.6. The molecule has 2 heterocycles. The molecule has 2 saturated heterocycles. The molecule has 2 aliphatic rings. The molecule has 1 amide bonds. The fraction of sp³-hybridized carbons (Fsp3) is 0.923. The van der Waals surface area contributed by atoms with Gasteiger partial charge < -0.3 is 10.2 Å². The van der Waals surface area contributed by atoms with Crippen molar-refractivity contribution in [2.75, 3.05) is 25.1 Å². The summed E-state index contributed by atoms with van der Waals surface area (Å²) in [7, 11) is -3.06. The van der Waals surface area contributed by atoms with Crippen molar-refractivity contribution in [3.05, 3.63) is 0 Å². The highest BCUT2D eigenvalue weighted by molar-refractivity contribution is 7.90. The minimum absolute atomic E-state index is 0.00354. The fourth-order valence-corrected chi connectivity index (χ4v) is 3.69. The average Bonchev–Trinajstić information content (AvgIpc) is 2.89. The maximum absolute atomic E-state index is 12.2. The van der Waals surface area contributed by atoms with E-state index in [9.17, 15) is 13.2 Å². The monoisotopic (exact) mass is 288 g/mol. The molecule has 0 saturated carbocycles. The lowest BCUT2D eigenvalue weighted by molar-refractivity contribution is -0.135. The lowest BCUT2D eigenvalue weighted by Gasteiger charge is -2.39. The largest absolute Gasteiger partial charge is 0.338 e. The quantitative estimate of drug-likeness (QED) is 0.820. The summed E-state index contributed by atoms with van der Waals surface area (Å²) in [4.78, 5) is 14.2. The summed E-state index contributed by atoms with van der Waals surface area (Å²) in [6.45, 7) is 1.82. The van der Waals surface area contributed by atoms with Crippen LogP contribution < -0.4 is 5.32 Å². The number of nitrogens with zero attached hydrogens (tertiary/aromatic N) is 1. The Bertz CT molecular complexity index is 416. The molecule has 0 radical (unpaired) electrons. The highest BCUT2D eigenvalue weighted by atomic mass is 32.2. The predicted octanol–water partition coefficient (Wildman–Crippen LogP) is 0.554. The number of piperidine rings is 1. The maximum Gasteiger partial charge on any atom is 0.223 e. The first kappa shape index (κ1) is 14.8. The van der Waals surface area contributed by atoms with Crippen molar-refractivity contribution in [1.29, 1.82) is 0 Å². The highest BCUT2D eigenvalue weighted by Crippen LogP contribution is 2.24. The van der Waals surface area contributed by atoms with E-state index in [1.54, 1.807) is 0 Å². The van der Waals surface area contributed by atoms with Crippen LogP contribution in [0.3, 0.4) is 0 Å². The molecule has 0 aromatic rings. The second kappa shape index (κ2) is 6.22. The number of sulfone groups is 1. The van der Waals surface area contributed by atoms with Gasteiger partial charge in [-0.25, -0.2) is 8.42 Å². The molecular formula is C13H24N2O3S. The third kappa shape index (κ3) is 4.18. The van der Waals surface area contributed by atoms with Crippen LogP contribution in [0, 0.1) is 0 Å². The van der Waals surface area contributed by atoms with Gasteiger partial charge in [0.15, 0.2) is 0 Å². The van der Waals surface area contributed by atoms with Gasteiger partial charge in [0, 0.05) is 31.3 Å². The van der Waals surface area contributed by atoms with Gasteiger partial charge in [-0.15, -0.1) is 0 Å². The van der Waals surface area contributed by atoms with Crippen LogP contribution >= 0.6 is 0 Å². The van der Waals surface area contributed by atoms with E-state index in [1.807, 2.05) is 4.90 Å². The zero-order valence-corrected chi connectivity index (χ0v) is 12.4. The molecule has 0 aliphatic carbocycles. The van der Waals surface area contributed by atoms with Crippen molar-refractivity contribution < 1.29 is 13.2 Å². The number of hydrogen-bond acceptors (Lipinski definition) is 4. The smallest absolute Gasteiger partial charge is 0.223 e. The van der Waals surface area contributed by atoms with E-state index in [0.717, 1.165) is 32.4 Å². The van der Waals surface area contributed by atoms with Crippen LogP contribution in [0.15, 0.2) is 0 Å². The molecule has 5 nitrogen and oxygen atoms in total. The zero-order valence-electron chi connectivity index (χ0n) is 11.6. The van der Waals surface area contributed by atoms with Gasteiger partial charge in [-0.3, -0.25) is 4.79 Å². The van der Waals surface area contributed by atoms with Gasteiger partial charge in [-0.2, -0.15) is 0 Å². The van der Waals surface area contributed by atoms with E-state index < -0.39 is 9.84 Å². The van der Waals surface area contributed by atoms with E-state index in [4.69, 9.17) is 0 Å². The van der Waals surface area contributed by atoms with Crippen molar-refractivity contribution >= 4 is 15.7 Å². The summed E-state index contributed by atoms with van der Waals surface area (Å²) in [5.74, 6) is -0.0310.